The summed E-state index contributed by atoms with van der Waals surface area (Å²) in [6.07, 6.45) is 1.69. The quantitative estimate of drug-likeness (QED) is 0.866. The molecule has 1 amide bonds. The number of aryl methyl sites for hydroxylation is 1. The first-order chi connectivity index (χ1) is 9.20. The highest BCUT2D eigenvalue weighted by Crippen LogP contribution is 2.13. The monoisotopic (exact) mass is 259 g/mol. The van der Waals surface area contributed by atoms with Crippen LogP contribution in [0.4, 0.5) is 0 Å². The number of aliphatic hydroxyl groups is 1. The molecule has 19 heavy (non-hydrogen) atoms. The number of carbonyl (C=O) groups excluding carboxylic acids is 1. The van der Waals surface area contributed by atoms with Crippen LogP contribution < -0.4 is 5.32 Å². The van der Waals surface area contributed by atoms with Crippen LogP contribution in [0.15, 0.2) is 47.1 Å². The number of hydrogen-bond acceptors (Lipinski definition) is 3. The van der Waals surface area contributed by atoms with Crippen molar-refractivity contribution in [3.8, 4) is 0 Å². The number of hydrogen-bond donors (Lipinski definition) is 2. The van der Waals surface area contributed by atoms with Gasteiger partial charge in [-0.1, -0.05) is 31.2 Å². The molecule has 4 nitrogen and oxygen atoms in total. The zero-order valence-corrected chi connectivity index (χ0v) is 10.8. The topological polar surface area (TPSA) is 62.5 Å². The van der Waals surface area contributed by atoms with Crippen LogP contribution in [-0.4, -0.2) is 17.6 Å². The minimum Gasteiger partial charge on any atom is -0.459 e. The van der Waals surface area contributed by atoms with Gasteiger partial charge in [-0.2, -0.15) is 0 Å². The van der Waals surface area contributed by atoms with Crippen LogP contribution in [0, 0.1) is 0 Å². The van der Waals surface area contributed by atoms with E-state index in [9.17, 15) is 9.90 Å². The van der Waals surface area contributed by atoms with Gasteiger partial charge in [0, 0.05) is 6.54 Å². The second kappa shape index (κ2) is 6.20. The third-order valence-corrected chi connectivity index (χ3v) is 2.97. The minimum absolute atomic E-state index is 0.158. The lowest BCUT2D eigenvalue weighted by Crippen LogP contribution is -2.28. The van der Waals surface area contributed by atoms with Crippen LogP contribution >= 0.6 is 0 Å². The predicted molar refractivity (Wildman–Crippen MR) is 71.8 cm³/mol. The highest BCUT2D eigenvalue weighted by atomic mass is 16.3. The summed E-state index contributed by atoms with van der Waals surface area (Å²) in [7, 11) is 0. The van der Waals surface area contributed by atoms with Crippen LogP contribution in [0.2, 0.25) is 0 Å². The molecular formula is C15H17NO3. The van der Waals surface area contributed by atoms with Gasteiger partial charge in [-0.05, 0) is 29.7 Å². The normalized spacial score (nSPS) is 12.1. The van der Waals surface area contributed by atoms with E-state index in [-0.39, 0.29) is 18.2 Å². The highest BCUT2D eigenvalue weighted by Gasteiger charge is 2.12. The maximum absolute atomic E-state index is 11.6. The van der Waals surface area contributed by atoms with Gasteiger partial charge in [0.25, 0.3) is 5.91 Å². The molecule has 0 aliphatic carbocycles. The molecule has 1 aromatic heterocycles. The summed E-state index contributed by atoms with van der Waals surface area (Å²) >= 11 is 0. The van der Waals surface area contributed by atoms with E-state index in [1.165, 1.54) is 11.8 Å². The molecule has 1 unspecified atom stereocenters. The predicted octanol–water partition coefficient (Wildman–Crippen LogP) is 2.31. The number of furan rings is 1. The molecule has 0 bridgehead atoms. The molecule has 2 aromatic rings. The van der Waals surface area contributed by atoms with E-state index < -0.39 is 6.10 Å². The number of rotatable bonds is 5. The van der Waals surface area contributed by atoms with Crippen molar-refractivity contribution in [3.63, 3.8) is 0 Å². The molecule has 0 aliphatic rings. The summed E-state index contributed by atoms with van der Waals surface area (Å²) in [6, 6.07) is 10.9. The molecule has 4 heteroatoms. The molecule has 0 aliphatic heterocycles. The molecule has 1 aromatic carbocycles. The first kappa shape index (κ1) is 13.4. The van der Waals surface area contributed by atoms with Crippen molar-refractivity contribution in [2.75, 3.05) is 6.54 Å². The second-order valence-corrected chi connectivity index (χ2v) is 4.30. The average molecular weight is 259 g/mol. The Morgan fingerprint density at radius 1 is 1.32 bits per heavy atom. The van der Waals surface area contributed by atoms with Crippen LogP contribution in [0.3, 0.4) is 0 Å². The van der Waals surface area contributed by atoms with E-state index in [0.717, 1.165) is 12.0 Å². The maximum atomic E-state index is 11.6. The molecule has 0 fully saturated rings. The molecular weight excluding hydrogens is 242 g/mol. The number of benzene rings is 1. The molecule has 2 N–H and O–H groups in total. The van der Waals surface area contributed by atoms with Crippen molar-refractivity contribution in [2.24, 2.45) is 0 Å². The molecule has 1 atom stereocenters. The van der Waals surface area contributed by atoms with Gasteiger partial charge >= 0.3 is 0 Å². The first-order valence-electron chi connectivity index (χ1n) is 6.29. The standard InChI is InChI=1S/C15H17NO3/c1-2-11-5-7-12(8-6-11)13(17)10-16-15(18)14-4-3-9-19-14/h3-9,13,17H,2,10H2,1H3,(H,16,18). The van der Waals surface area contributed by atoms with Crippen molar-refractivity contribution >= 4 is 5.91 Å². The largest absolute Gasteiger partial charge is 0.459 e. The Kier molecular flexibility index (Phi) is 4.36. The van der Waals surface area contributed by atoms with Crippen molar-refractivity contribution in [3.05, 3.63) is 59.5 Å². The van der Waals surface area contributed by atoms with Gasteiger partial charge in [0.05, 0.1) is 12.4 Å². The van der Waals surface area contributed by atoms with Gasteiger partial charge in [0.1, 0.15) is 0 Å². The van der Waals surface area contributed by atoms with Crippen LogP contribution in [-0.2, 0) is 6.42 Å². The Bertz CT molecular complexity index is 517. The molecule has 0 spiro atoms. The number of nitrogens with one attached hydrogen (secondary N) is 1. The Hall–Kier alpha value is -2.07. The van der Waals surface area contributed by atoms with E-state index in [0.29, 0.717) is 0 Å². The SMILES string of the molecule is CCc1ccc(C(O)CNC(=O)c2ccco2)cc1. The minimum atomic E-state index is -0.718. The van der Waals surface area contributed by atoms with Crippen molar-refractivity contribution < 1.29 is 14.3 Å². The van der Waals surface area contributed by atoms with Crippen molar-refractivity contribution in [2.45, 2.75) is 19.4 Å². The summed E-state index contributed by atoms with van der Waals surface area (Å²) < 4.78 is 4.97. The van der Waals surface area contributed by atoms with E-state index >= 15 is 0 Å². The van der Waals surface area contributed by atoms with Gasteiger partial charge in [-0.25, -0.2) is 0 Å². The van der Waals surface area contributed by atoms with Crippen LogP contribution in [0.25, 0.3) is 0 Å². The molecule has 100 valence electrons. The fraction of sp³-hybridized carbons (Fsp3) is 0.267. The van der Waals surface area contributed by atoms with Crippen molar-refractivity contribution in [1.82, 2.24) is 5.32 Å². The van der Waals surface area contributed by atoms with Gasteiger partial charge in [0.15, 0.2) is 5.76 Å². The number of aliphatic hydroxyl groups excluding tert-OH is 1. The molecule has 0 saturated carbocycles. The highest BCUT2D eigenvalue weighted by molar-refractivity contribution is 5.91. The number of carbonyl (C=O) groups is 1. The summed E-state index contributed by atoms with van der Waals surface area (Å²) in [4.78, 5) is 11.6. The van der Waals surface area contributed by atoms with Gasteiger partial charge in [-0.3, -0.25) is 4.79 Å². The maximum Gasteiger partial charge on any atom is 0.287 e. The fourth-order valence-electron chi connectivity index (χ4n) is 1.78. The summed E-state index contributed by atoms with van der Waals surface area (Å²) in [5.74, 6) is -0.0808. The molecule has 1 heterocycles. The summed E-state index contributed by atoms with van der Waals surface area (Å²) in [5, 5.41) is 12.6. The Labute approximate surface area is 112 Å². The first-order valence-corrected chi connectivity index (χ1v) is 6.29. The lowest BCUT2D eigenvalue weighted by Gasteiger charge is -2.12. The van der Waals surface area contributed by atoms with E-state index in [4.69, 9.17) is 4.42 Å². The third-order valence-electron chi connectivity index (χ3n) is 2.97. The average Bonchev–Trinajstić information content (AvgIpc) is 2.98. The number of amides is 1. The Balaban J connectivity index is 1.90. The Morgan fingerprint density at radius 3 is 2.63 bits per heavy atom. The molecule has 0 radical (unpaired) electrons. The second-order valence-electron chi connectivity index (χ2n) is 4.30. The van der Waals surface area contributed by atoms with Crippen LogP contribution in [0.5, 0.6) is 0 Å². The van der Waals surface area contributed by atoms with Crippen LogP contribution in [0.1, 0.15) is 34.7 Å². The smallest absolute Gasteiger partial charge is 0.287 e. The van der Waals surface area contributed by atoms with E-state index in [1.807, 2.05) is 24.3 Å². The lowest BCUT2D eigenvalue weighted by atomic mass is 10.1. The molecule has 2 rings (SSSR count). The fourth-order valence-corrected chi connectivity index (χ4v) is 1.78. The van der Waals surface area contributed by atoms with E-state index in [1.54, 1.807) is 12.1 Å². The zero-order valence-electron chi connectivity index (χ0n) is 10.8. The summed E-state index contributed by atoms with van der Waals surface area (Å²) in [6.45, 7) is 2.24. The van der Waals surface area contributed by atoms with Gasteiger partial charge in [0.2, 0.25) is 0 Å². The summed E-state index contributed by atoms with van der Waals surface area (Å²) in [5.41, 5.74) is 2.01. The zero-order chi connectivity index (χ0) is 13.7. The Morgan fingerprint density at radius 2 is 2.05 bits per heavy atom. The lowest BCUT2D eigenvalue weighted by molar-refractivity contribution is 0.0889. The van der Waals surface area contributed by atoms with Gasteiger partial charge < -0.3 is 14.8 Å². The molecule has 0 saturated heterocycles. The van der Waals surface area contributed by atoms with Crippen molar-refractivity contribution in [1.29, 1.82) is 0 Å². The third kappa shape index (κ3) is 3.45. The van der Waals surface area contributed by atoms with E-state index in [2.05, 4.69) is 12.2 Å². The van der Waals surface area contributed by atoms with Gasteiger partial charge in [-0.15, -0.1) is 0 Å².